The number of rotatable bonds is 4. The molecule has 7 nitrogen and oxygen atoms in total. The van der Waals surface area contributed by atoms with Crippen molar-refractivity contribution in [2.45, 2.75) is 19.8 Å². The smallest absolute Gasteiger partial charge is 0.272 e. The molecule has 0 radical (unpaired) electrons. The molecule has 2 aliphatic carbocycles. The van der Waals surface area contributed by atoms with Gasteiger partial charge >= 0.3 is 0 Å². The van der Waals surface area contributed by atoms with Gasteiger partial charge in [0, 0.05) is 0 Å². The van der Waals surface area contributed by atoms with Crippen LogP contribution in [0.15, 0.2) is 49.1 Å². The van der Waals surface area contributed by atoms with Crippen LogP contribution >= 0.6 is 0 Å². The Hall–Kier alpha value is -2.96. The Morgan fingerprint density at radius 3 is 2.64 bits per heavy atom. The topological polar surface area (TPSA) is 88.9 Å². The molecule has 2 bridgehead atoms. The van der Waals surface area contributed by atoms with Gasteiger partial charge in [0.2, 0.25) is 5.91 Å². The van der Waals surface area contributed by atoms with Gasteiger partial charge in [-0.3, -0.25) is 15.0 Å². The minimum Gasteiger partial charge on any atom is -0.325 e. The lowest BCUT2D eigenvalue weighted by atomic mass is 9.76. The zero-order chi connectivity index (χ0) is 17.4. The molecule has 0 unspecified atom stereocenters. The third-order valence-corrected chi connectivity index (χ3v) is 5.26. The van der Waals surface area contributed by atoms with Crippen LogP contribution in [0.2, 0.25) is 0 Å². The zero-order valence-electron chi connectivity index (χ0n) is 13.8. The molecule has 128 valence electrons. The van der Waals surface area contributed by atoms with Gasteiger partial charge in [-0.05, 0) is 36.8 Å². The molecule has 2 N–H and O–H groups in total. The summed E-state index contributed by atoms with van der Waals surface area (Å²) in [6.07, 6.45) is 9.04. The average Bonchev–Trinajstić information content (AvgIpc) is 3.32. The second-order valence-corrected chi connectivity index (χ2v) is 6.92. The van der Waals surface area contributed by atoms with E-state index in [4.69, 9.17) is 0 Å². The van der Waals surface area contributed by atoms with E-state index in [0.717, 1.165) is 12.8 Å². The third kappa shape index (κ3) is 2.71. The minimum atomic E-state index is -0.419. The fourth-order valence-electron chi connectivity index (χ4n) is 3.85. The molecule has 1 heterocycles. The number of amides is 2. The molecule has 25 heavy (non-hydrogen) atoms. The zero-order valence-corrected chi connectivity index (χ0v) is 13.8. The summed E-state index contributed by atoms with van der Waals surface area (Å²) < 4.78 is 1.36. The molecular formula is C18H19N5O2. The summed E-state index contributed by atoms with van der Waals surface area (Å²) in [4.78, 5) is 25.4. The quantitative estimate of drug-likeness (QED) is 0.837. The van der Waals surface area contributed by atoms with Gasteiger partial charge in [0.25, 0.3) is 5.91 Å². The second kappa shape index (κ2) is 5.84. The molecule has 0 spiro atoms. The highest BCUT2D eigenvalue weighted by molar-refractivity contribution is 6.08. The molecule has 4 rings (SSSR count). The van der Waals surface area contributed by atoms with E-state index >= 15 is 0 Å². The summed E-state index contributed by atoms with van der Waals surface area (Å²) in [5.41, 5.74) is 3.13. The number of allylic oxidation sites excluding steroid dienone is 2. The fourth-order valence-corrected chi connectivity index (χ4v) is 3.85. The molecule has 0 aliphatic heterocycles. The maximum Gasteiger partial charge on any atom is 0.272 e. The number of carbonyl (C=O) groups excluding carboxylic acids is 2. The Kier molecular flexibility index (Phi) is 3.63. The van der Waals surface area contributed by atoms with Crippen LogP contribution in [0, 0.1) is 17.3 Å². The normalized spacial score (nSPS) is 26.6. The number of aromatic nitrogens is 3. The van der Waals surface area contributed by atoms with E-state index in [1.807, 2.05) is 6.92 Å². The van der Waals surface area contributed by atoms with Crippen molar-refractivity contribution in [2.24, 2.45) is 17.3 Å². The molecule has 3 atom stereocenters. The van der Waals surface area contributed by atoms with Crippen LogP contribution in [-0.2, 0) is 4.79 Å². The molecular weight excluding hydrogens is 318 g/mol. The van der Waals surface area contributed by atoms with Gasteiger partial charge in [-0.15, -0.1) is 10.2 Å². The van der Waals surface area contributed by atoms with Gasteiger partial charge in [-0.2, -0.15) is 0 Å². The summed E-state index contributed by atoms with van der Waals surface area (Å²) in [6.45, 7) is 2.01. The van der Waals surface area contributed by atoms with Gasteiger partial charge in [0.15, 0.2) is 0 Å². The van der Waals surface area contributed by atoms with Crippen LogP contribution < -0.4 is 10.7 Å². The van der Waals surface area contributed by atoms with E-state index in [1.165, 1.54) is 17.3 Å². The Bertz CT molecular complexity index is 845. The molecule has 1 fully saturated rings. The fraction of sp³-hybridized carbons (Fsp3) is 0.333. The van der Waals surface area contributed by atoms with Gasteiger partial charge in [0.1, 0.15) is 12.7 Å². The number of fused-ring (bicyclic) bond motifs is 2. The van der Waals surface area contributed by atoms with Crippen LogP contribution in [0.25, 0.3) is 0 Å². The Balaban J connectivity index is 1.54. The first kappa shape index (κ1) is 15.6. The second-order valence-electron chi connectivity index (χ2n) is 6.92. The average molecular weight is 337 g/mol. The van der Waals surface area contributed by atoms with E-state index in [0.29, 0.717) is 17.2 Å². The Morgan fingerprint density at radius 1 is 1.20 bits per heavy atom. The summed E-state index contributed by atoms with van der Waals surface area (Å²) in [5, 5.41) is 10.3. The molecule has 2 aromatic rings. The van der Waals surface area contributed by atoms with Gasteiger partial charge in [-0.1, -0.05) is 31.2 Å². The highest BCUT2D eigenvalue weighted by Gasteiger charge is 2.49. The lowest BCUT2D eigenvalue weighted by Crippen LogP contribution is -2.37. The van der Waals surface area contributed by atoms with Crippen molar-refractivity contribution in [3.63, 3.8) is 0 Å². The van der Waals surface area contributed by atoms with E-state index in [9.17, 15) is 9.59 Å². The van der Waals surface area contributed by atoms with Gasteiger partial charge in [-0.25, -0.2) is 4.68 Å². The molecule has 2 aliphatic rings. The van der Waals surface area contributed by atoms with Crippen molar-refractivity contribution in [3.05, 3.63) is 54.6 Å². The monoisotopic (exact) mass is 337 g/mol. The molecule has 0 saturated heterocycles. The number of nitrogens with one attached hydrogen (secondary N) is 2. The Labute approximate surface area is 145 Å². The third-order valence-electron chi connectivity index (χ3n) is 5.26. The first-order chi connectivity index (χ1) is 12.1. The molecule has 1 aromatic heterocycles. The molecule has 2 amide bonds. The van der Waals surface area contributed by atoms with E-state index < -0.39 is 5.41 Å². The van der Waals surface area contributed by atoms with Crippen LogP contribution in [0.1, 0.15) is 30.1 Å². The maximum absolute atomic E-state index is 12.9. The number of benzene rings is 1. The van der Waals surface area contributed by atoms with E-state index in [-0.39, 0.29) is 17.7 Å². The van der Waals surface area contributed by atoms with Crippen LogP contribution in [-0.4, -0.2) is 26.7 Å². The lowest BCUT2D eigenvalue weighted by Gasteiger charge is -2.30. The van der Waals surface area contributed by atoms with Crippen molar-refractivity contribution < 1.29 is 9.59 Å². The number of hydrogen-bond acceptors (Lipinski definition) is 4. The van der Waals surface area contributed by atoms with Crippen LogP contribution in [0.4, 0.5) is 5.69 Å². The van der Waals surface area contributed by atoms with Gasteiger partial charge < -0.3 is 5.32 Å². The molecule has 1 aromatic carbocycles. The summed E-state index contributed by atoms with van der Waals surface area (Å²) in [7, 11) is 0. The first-order valence-corrected chi connectivity index (χ1v) is 8.31. The minimum absolute atomic E-state index is 0.0334. The van der Waals surface area contributed by atoms with Crippen LogP contribution in [0.3, 0.4) is 0 Å². The highest BCUT2D eigenvalue weighted by Crippen LogP contribution is 2.52. The van der Waals surface area contributed by atoms with Crippen molar-refractivity contribution in [2.75, 3.05) is 10.7 Å². The highest BCUT2D eigenvalue weighted by atomic mass is 16.2. The van der Waals surface area contributed by atoms with Crippen molar-refractivity contribution in [1.29, 1.82) is 0 Å². The van der Waals surface area contributed by atoms with Crippen molar-refractivity contribution in [1.82, 2.24) is 14.9 Å². The van der Waals surface area contributed by atoms with Crippen LogP contribution in [0.5, 0.6) is 0 Å². The summed E-state index contributed by atoms with van der Waals surface area (Å²) >= 11 is 0. The number of nitrogens with zero attached hydrogens (tertiary/aromatic N) is 3. The predicted molar refractivity (Wildman–Crippen MR) is 92.2 cm³/mol. The largest absolute Gasteiger partial charge is 0.325 e. The number of para-hydroxylation sites is 1. The predicted octanol–water partition coefficient (Wildman–Crippen LogP) is 2.20. The lowest BCUT2D eigenvalue weighted by molar-refractivity contribution is -0.126. The van der Waals surface area contributed by atoms with E-state index in [1.54, 1.807) is 24.3 Å². The van der Waals surface area contributed by atoms with E-state index in [2.05, 4.69) is 33.1 Å². The standard InChI is InChI=1S/C18H19N5O2/c1-18(9-12-6-7-13(18)8-12)17(25)21-15-5-3-2-4-14(15)16(24)22-23-10-19-20-11-23/h2-7,10-13H,8-9H2,1H3,(H,21,25)(H,22,24)/t12-,13-,18+/m0/s1. The van der Waals surface area contributed by atoms with Crippen molar-refractivity contribution in [3.8, 4) is 0 Å². The molecule has 7 heteroatoms. The summed E-state index contributed by atoms with van der Waals surface area (Å²) in [5.74, 6) is 0.395. The van der Waals surface area contributed by atoms with Gasteiger partial charge in [0.05, 0.1) is 16.7 Å². The number of carbonyl (C=O) groups is 2. The Morgan fingerprint density at radius 2 is 1.96 bits per heavy atom. The number of anilines is 1. The summed E-state index contributed by atoms with van der Waals surface area (Å²) in [6, 6.07) is 6.98. The first-order valence-electron chi connectivity index (χ1n) is 8.31. The maximum atomic E-state index is 12.9. The molecule has 1 saturated carbocycles. The van der Waals surface area contributed by atoms with Crippen molar-refractivity contribution >= 4 is 17.5 Å². The number of hydrogen-bond donors (Lipinski definition) is 2. The SMILES string of the molecule is C[C@@]1(C(=O)Nc2ccccc2C(=O)Nn2cnnc2)C[C@H]2C=C[C@H]1C2.